The predicted molar refractivity (Wildman–Crippen MR) is 126 cm³/mol. The first-order valence-corrected chi connectivity index (χ1v) is 10.5. The maximum atomic E-state index is 12.3. The van der Waals surface area contributed by atoms with Gasteiger partial charge in [-0.1, -0.05) is 36.1 Å². The zero-order valence-electron chi connectivity index (χ0n) is 17.9. The second-order valence-electron chi connectivity index (χ2n) is 7.65. The maximum Gasteiger partial charge on any atom is 0.407 e. The molecule has 2 amide bonds. The molecule has 2 aromatic heterocycles. The number of carbonyl (C=O) groups excluding carboxylic acids is 2. The zero-order chi connectivity index (χ0) is 23.5. The van der Waals surface area contributed by atoms with Crippen molar-refractivity contribution >= 4 is 22.9 Å². The average Bonchev–Trinajstić information content (AvgIpc) is 3.33. The predicted octanol–water partition coefficient (Wildman–Crippen LogP) is 3.08. The third-order valence-corrected chi connectivity index (χ3v) is 5.48. The van der Waals surface area contributed by atoms with E-state index in [-0.39, 0.29) is 6.10 Å². The molecule has 8 heteroatoms. The van der Waals surface area contributed by atoms with Crippen LogP contribution in [0.1, 0.15) is 33.2 Å². The van der Waals surface area contributed by atoms with Crippen molar-refractivity contribution < 1.29 is 14.3 Å². The van der Waals surface area contributed by atoms with Crippen molar-refractivity contribution in [2.75, 3.05) is 6.54 Å². The van der Waals surface area contributed by atoms with Crippen molar-refractivity contribution in [3.05, 3.63) is 95.3 Å². The molecule has 1 saturated heterocycles. The summed E-state index contributed by atoms with van der Waals surface area (Å²) in [5.74, 6) is 11.2. The number of ether oxygens (including phenoxy) is 1. The van der Waals surface area contributed by atoms with Crippen molar-refractivity contribution in [1.82, 2.24) is 20.7 Å². The molecule has 3 heterocycles. The smallest absolute Gasteiger partial charge is 0.407 e. The molecular formula is C26H19N5O3. The zero-order valence-corrected chi connectivity index (χ0v) is 17.9. The molecule has 0 saturated carbocycles. The lowest BCUT2D eigenvalue weighted by molar-refractivity contribution is 0.0955. The number of alkyl carbamates (subject to hydrolysis) is 1. The van der Waals surface area contributed by atoms with Crippen molar-refractivity contribution in [3.63, 3.8) is 0 Å². The number of aromatic nitrogens is 2. The van der Waals surface area contributed by atoms with Gasteiger partial charge >= 0.3 is 6.09 Å². The third kappa shape index (κ3) is 4.28. The van der Waals surface area contributed by atoms with Crippen LogP contribution in [-0.2, 0) is 4.74 Å². The fourth-order valence-electron chi connectivity index (χ4n) is 3.71. The Balaban J connectivity index is 1.37. The summed E-state index contributed by atoms with van der Waals surface area (Å²) in [6.45, 7) is 0.470. The van der Waals surface area contributed by atoms with Crippen LogP contribution >= 0.6 is 0 Å². The standard InChI is InChI=1S/C26H19N5O3/c27-31-25(32)20-13-23(30-22-11-12-28-14-21(20)22)18-7-3-16(4-8-18)1-2-17-5-9-19(10-6-17)24-15-29-26(33)34-24/h3-14,24H,15,27H2,(H,29,33)(H,31,32). The lowest BCUT2D eigenvalue weighted by atomic mass is 10.0. The fraction of sp³-hybridized carbons (Fsp3) is 0.0769. The molecule has 5 rings (SSSR count). The van der Waals surface area contributed by atoms with E-state index in [4.69, 9.17) is 10.6 Å². The number of hydrazine groups is 1. The van der Waals surface area contributed by atoms with Crippen LogP contribution in [0.5, 0.6) is 0 Å². The minimum absolute atomic E-state index is 0.265. The number of pyridine rings is 2. The number of nitrogens with one attached hydrogen (secondary N) is 2. The first-order valence-electron chi connectivity index (χ1n) is 10.5. The highest BCUT2D eigenvalue weighted by atomic mass is 16.6. The number of nitrogens with two attached hydrogens (primary N) is 1. The van der Waals surface area contributed by atoms with E-state index in [1.54, 1.807) is 24.5 Å². The second kappa shape index (κ2) is 9.02. The number of fused-ring (bicyclic) bond motifs is 1. The number of nitrogens with zero attached hydrogens (tertiary/aromatic N) is 2. The Kier molecular flexibility index (Phi) is 5.60. The number of cyclic esters (lactones) is 1. The van der Waals surface area contributed by atoms with Gasteiger partial charge in [0.05, 0.1) is 23.3 Å². The van der Waals surface area contributed by atoms with Gasteiger partial charge in [-0.05, 0) is 42.0 Å². The van der Waals surface area contributed by atoms with Gasteiger partial charge in [0.1, 0.15) is 6.10 Å². The van der Waals surface area contributed by atoms with Gasteiger partial charge in [-0.15, -0.1) is 0 Å². The SMILES string of the molecule is NNC(=O)c1cc(-c2ccc(C#Cc3ccc(C4CNC(=O)O4)cc3)cc2)nc2ccncc12. The van der Waals surface area contributed by atoms with E-state index in [0.29, 0.717) is 28.7 Å². The number of amides is 2. The van der Waals surface area contributed by atoms with E-state index < -0.39 is 12.0 Å². The van der Waals surface area contributed by atoms with E-state index in [1.165, 1.54) is 0 Å². The molecule has 2 aromatic carbocycles. The van der Waals surface area contributed by atoms with Crippen molar-refractivity contribution in [2.24, 2.45) is 5.84 Å². The molecule has 1 aliphatic rings. The molecule has 1 aliphatic heterocycles. The highest BCUT2D eigenvalue weighted by molar-refractivity contribution is 6.06. The number of benzene rings is 2. The summed E-state index contributed by atoms with van der Waals surface area (Å²) in [5, 5.41) is 3.27. The van der Waals surface area contributed by atoms with Gasteiger partial charge in [-0.3, -0.25) is 15.2 Å². The van der Waals surface area contributed by atoms with Crippen molar-refractivity contribution in [3.8, 4) is 23.1 Å². The Labute approximate surface area is 195 Å². The van der Waals surface area contributed by atoms with E-state index in [2.05, 4.69) is 32.6 Å². The van der Waals surface area contributed by atoms with Gasteiger partial charge in [-0.2, -0.15) is 0 Å². The molecule has 0 aliphatic carbocycles. The first kappa shape index (κ1) is 21.1. The molecule has 1 unspecified atom stereocenters. The van der Waals surface area contributed by atoms with E-state index >= 15 is 0 Å². The molecule has 0 bridgehead atoms. The summed E-state index contributed by atoms with van der Waals surface area (Å²) < 4.78 is 5.19. The first-order chi connectivity index (χ1) is 16.6. The van der Waals surface area contributed by atoms with Gasteiger partial charge in [0.2, 0.25) is 0 Å². The number of hydrogen-bond donors (Lipinski definition) is 3. The third-order valence-electron chi connectivity index (χ3n) is 5.48. The Morgan fingerprint density at radius 1 is 1.06 bits per heavy atom. The summed E-state index contributed by atoms with van der Waals surface area (Å²) in [6, 6.07) is 18.7. The molecule has 0 spiro atoms. The molecule has 1 atom stereocenters. The van der Waals surface area contributed by atoms with Crippen LogP contribution < -0.4 is 16.6 Å². The highest BCUT2D eigenvalue weighted by Gasteiger charge is 2.23. The topological polar surface area (TPSA) is 119 Å². The Hall–Kier alpha value is -4.74. The van der Waals surface area contributed by atoms with Crippen LogP contribution in [-0.4, -0.2) is 28.5 Å². The van der Waals surface area contributed by atoms with Crippen molar-refractivity contribution in [2.45, 2.75) is 6.10 Å². The minimum Gasteiger partial charge on any atom is -0.439 e. The van der Waals surface area contributed by atoms with Crippen LogP contribution in [0.3, 0.4) is 0 Å². The molecule has 0 radical (unpaired) electrons. The van der Waals surface area contributed by atoms with E-state index in [9.17, 15) is 9.59 Å². The van der Waals surface area contributed by atoms with Crippen LogP contribution in [0.2, 0.25) is 0 Å². The monoisotopic (exact) mass is 449 g/mol. The lowest BCUT2D eigenvalue weighted by Gasteiger charge is -2.08. The van der Waals surface area contributed by atoms with Crippen LogP contribution in [0.15, 0.2) is 73.1 Å². The molecule has 1 fully saturated rings. The summed E-state index contributed by atoms with van der Waals surface area (Å²) in [6.07, 6.45) is 2.57. The Bertz CT molecular complexity index is 1450. The number of rotatable bonds is 3. The van der Waals surface area contributed by atoms with E-state index in [1.807, 2.05) is 48.5 Å². The molecule has 4 aromatic rings. The van der Waals surface area contributed by atoms with Gasteiger partial charge in [0.25, 0.3) is 5.91 Å². The number of nitrogen functional groups attached to an aromatic ring is 1. The summed E-state index contributed by atoms with van der Waals surface area (Å²) in [5.41, 5.74) is 7.35. The van der Waals surface area contributed by atoms with Gasteiger partial charge in [0.15, 0.2) is 0 Å². The molecule has 8 nitrogen and oxygen atoms in total. The Morgan fingerprint density at radius 2 is 1.76 bits per heavy atom. The second-order valence-corrected chi connectivity index (χ2v) is 7.65. The normalized spacial score (nSPS) is 14.6. The van der Waals surface area contributed by atoms with E-state index in [0.717, 1.165) is 22.3 Å². The molecule has 34 heavy (non-hydrogen) atoms. The highest BCUT2D eigenvalue weighted by Crippen LogP contribution is 2.25. The fourth-order valence-corrected chi connectivity index (χ4v) is 3.71. The van der Waals surface area contributed by atoms with Crippen molar-refractivity contribution in [1.29, 1.82) is 0 Å². The van der Waals surface area contributed by atoms with Gasteiger partial charge < -0.3 is 10.1 Å². The van der Waals surface area contributed by atoms with Crippen LogP contribution in [0.25, 0.3) is 22.2 Å². The summed E-state index contributed by atoms with van der Waals surface area (Å²) in [7, 11) is 0. The lowest BCUT2D eigenvalue weighted by Crippen LogP contribution is -2.30. The molecule has 166 valence electrons. The van der Waals surface area contributed by atoms with Gasteiger partial charge in [-0.25, -0.2) is 15.6 Å². The minimum atomic E-state index is -0.405. The van der Waals surface area contributed by atoms with Crippen LogP contribution in [0.4, 0.5) is 4.79 Å². The van der Waals surface area contributed by atoms with Crippen LogP contribution in [0, 0.1) is 11.8 Å². The van der Waals surface area contributed by atoms with Gasteiger partial charge in [0, 0.05) is 34.5 Å². The number of carbonyl (C=O) groups is 2. The maximum absolute atomic E-state index is 12.3. The number of hydrogen-bond acceptors (Lipinski definition) is 6. The summed E-state index contributed by atoms with van der Waals surface area (Å²) >= 11 is 0. The Morgan fingerprint density at radius 3 is 2.41 bits per heavy atom. The summed E-state index contributed by atoms with van der Waals surface area (Å²) in [4.78, 5) is 32.2. The molecular weight excluding hydrogens is 430 g/mol. The quantitative estimate of drug-likeness (QED) is 0.191. The molecule has 4 N–H and O–H groups in total. The average molecular weight is 449 g/mol. The largest absolute Gasteiger partial charge is 0.439 e.